The van der Waals surface area contributed by atoms with E-state index in [1.807, 2.05) is 0 Å². The molecule has 0 aliphatic heterocycles. The number of benzene rings is 8. The third-order valence-corrected chi connectivity index (χ3v) is 42.3. The molecule has 2 radical (unpaired) electrons. The Labute approximate surface area is 554 Å². The van der Waals surface area contributed by atoms with Crippen molar-refractivity contribution in [1.82, 2.24) is 0 Å². The van der Waals surface area contributed by atoms with Gasteiger partial charge in [-0.1, -0.05) is 0 Å². The summed E-state index contributed by atoms with van der Waals surface area (Å²) in [5, 5.41) is 2.71. The van der Waals surface area contributed by atoms with Gasteiger partial charge in [-0.05, 0) is 0 Å². The summed E-state index contributed by atoms with van der Waals surface area (Å²) in [7, 11) is 2.15. The molecule has 0 fully saturated rings. The van der Waals surface area contributed by atoms with Crippen LogP contribution in [0.3, 0.4) is 0 Å². The van der Waals surface area contributed by atoms with Crippen molar-refractivity contribution in [2.24, 2.45) is 0 Å². The Balaban J connectivity index is 1.55. The van der Waals surface area contributed by atoms with E-state index in [9.17, 15) is 23.2 Å². The molecule has 0 aromatic heterocycles. The normalized spacial score (nSPS) is 15.2. The fourth-order valence-corrected chi connectivity index (χ4v) is 43.8. The Bertz CT molecular complexity index is 3670. The third kappa shape index (κ3) is 11.4. The van der Waals surface area contributed by atoms with Crippen molar-refractivity contribution >= 4 is 94.9 Å². The SMILES string of the molecule is Cc1cc(C)[c]([Ge]([C](Cl)=Pc2c(C(C)(C)C)cc(C(C)(C)C)cc2C(C)(C)C)[C]2([C]3([Ge]([C](Cl)=Pc4c(C(C)(C)C)cc(C(C)(C)C)cc4C(C)(C)C)[c]4c(C)cc(C)cc4C)c4ccccc4-c4ccccc43)c3ccccc3-c3ccccc32)c(C)c1. The molecule has 88 heavy (non-hydrogen) atoms. The second-order valence-electron chi connectivity index (χ2n) is 32.1. The van der Waals surface area contributed by atoms with E-state index in [0.717, 1.165) is 23.6 Å². The number of hydrogen-bond donors (Lipinski definition) is 0. The van der Waals surface area contributed by atoms with Crippen molar-refractivity contribution in [3.63, 3.8) is 0 Å². The summed E-state index contributed by atoms with van der Waals surface area (Å²) in [6.07, 6.45) is 0. The zero-order valence-corrected chi connectivity index (χ0v) is 65.0. The maximum atomic E-state index is 9.36. The van der Waals surface area contributed by atoms with E-state index < -0.39 is 37.2 Å². The predicted molar refractivity (Wildman–Crippen MR) is 397 cm³/mol. The van der Waals surface area contributed by atoms with Gasteiger partial charge in [0.15, 0.2) is 0 Å². The van der Waals surface area contributed by atoms with Crippen LogP contribution in [0.1, 0.15) is 214 Å². The molecule has 0 amide bonds. The van der Waals surface area contributed by atoms with Gasteiger partial charge in [0.1, 0.15) is 0 Å². The first-order valence-electron chi connectivity index (χ1n) is 32.0. The number of rotatable bonds is 9. The Morgan fingerprint density at radius 3 is 0.739 bits per heavy atom. The average Bonchev–Trinajstić information content (AvgIpc) is 1.43. The van der Waals surface area contributed by atoms with Crippen LogP contribution >= 0.6 is 39.6 Å². The molecule has 456 valence electrons. The minimum atomic E-state index is -3.59. The molecule has 8 aromatic carbocycles. The van der Waals surface area contributed by atoms with Gasteiger partial charge in [-0.2, -0.15) is 0 Å². The van der Waals surface area contributed by atoms with Crippen molar-refractivity contribution in [2.75, 3.05) is 0 Å². The molecule has 0 atom stereocenters. The molecule has 0 N–H and O–H groups in total. The van der Waals surface area contributed by atoms with E-state index in [0.29, 0.717) is 0 Å². The molecule has 0 saturated carbocycles. The van der Waals surface area contributed by atoms with Crippen LogP contribution in [0.2, 0.25) is 0 Å². The molecule has 6 heteroatoms. The Hall–Kier alpha value is -4.23. The van der Waals surface area contributed by atoms with Gasteiger partial charge in [-0.25, -0.2) is 0 Å². The third-order valence-electron chi connectivity index (χ3n) is 19.1. The molecule has 0 bridgehead atoms. The first-order valence-corrected chi connectivity index (χ1v) is 40.8. The number of hydrogen-bond acceptors (Lipinski definition) is 0. The van der Waals surface area contributed by atoms with Crippen LogP contribution in [0.15, 0.2) is 146 Å². The number of aryl methyl sites for hydroxylation is 6. The summed E-state index contributed by atoms with van der Waals surface area (Å²) in [5.74, 6) is 0. The Kier molecular flexibility index (Phi) is 17.7. The van der Waals surface area contributed by atoms with Gasteiger partial charge in [-0.3, -0.25) is 0 Å². The minimum absolute atomic E-state index is 0.0626. The van der Waals surface area contributed by atoms with Crippen molar-refractivity contribution in [1.29, 1.82) is 0 Å². The van der Waals surface area contributed by atoms with Gasteiger partial charge in [0.05, 0.1) is 0 Å². The Morgan fingerprint density at radius 2 is 0.534 bits per heavy atom. The van der Waals surface area contributed by atoms with Crippen LogP contribution < -0.4 is 19.4 Å². The molecular formula is C82H96Cl2Ge2P2. The van der Waals surface area contributed by atoms with Crippen molar-refractivity contribution in [3.8, 4) is 22.3 Å². The van der Waals surface area contributed by atoms with Crippen LogP contribution in [-0.2, 0) is 41.0 Å². The quantitative estimate of drug-likeness (QED) is 0.0998. The second-order valence-corrected chi connectivity index (χ2v) is 49.2. The summed E-state index contributed by atoms with van der Waals surface area (Å²) >= 11 is 11.5. The predicted octanol–water partition coefficient (Wildman–Crippen LogP) is 20.8. The van der Waals surface area contributed by atoms with E-state index >= 15 is 0 Å². The van der Waals surface area contributed by atoms with E-state index in [1.54, 1.807) is 0 Å². The molecule has 0 nitrogen and oxygen atoms in total. The molecule has 0 spiro atoms. The van der Waals surface area contributed by atoms with Gasteiger partial charge < -0.3 is 0 Å². The summed E-state index contributed by atoms with van der Waals surface area (Å²) in [6.45, 7) is 57.4. The molecule has 2 aliphatic rings. The fraction of sp³-hybridized carbons (Fsp3) is 0.390. The molecule has 2 aliphatic carbocycles. The van der Waals surface area contributed by atoms with Gasteiger partial charge in [0, 0.05) is 0 Å². The van der Waals surface area contributed by atoms with Crippen LogP contribution in [0.4, 0.5) is 0 Å². The van der Waals surface area contributed by atoms with E-state index in [-0.39, 0.29) is 32.5 Å². The van der Waals surface area contributed by atoms with Crippen LogP contribution in [-0.4, -0.2) is 35.9 Å². The fourth-order valence-electron chi connectivity index (χ4n) is 15.2. The van der Waals surface area contributed by atoms with Crippen LogP contribution in [0.5, 0.6) is 0 Å². The van der Waals surface area contributed by atoms with E-state index in [4.69, 9.17) is 0 Å². The summed E-state index contributed by atoms with van der Waals surface area (Å²) < 4.78 is 3.57. The summed E-state index contributed by atoms with van der Waals surface area (Å²) in [6, 6.07) is 58.7. The first-order chi connectivity index (χ1) is 40.8. The standard InChI is InChI=1S/C82H96Cl2Ge2P2/c1-49-41-51(3)69(52(4)42-49)85(73(83)87-71-65(77(13,14)15)45-55(75(7,8)9)46-66(71)78(16,17)18)81(61-37-29-25-33-57(61)58-34-26-30-38-62(58)81)82(63-39-31-27-35-59(63)60-36-28-32-40-64(60)82)86(70-53(5)43-50(2)44-54(70)6)74(84)88-72-67(79(19,20)21)47-56(76(10,11)12)48-68(72)80(22,23)24/h25-48H,1-24H3. The molecule has 0 saturated heterocycles. The number of halogens is 2. The van der Waals surface area contributed by atoms with Gasteiger partial charge in [0.2, 0.25) is 0 Å². The van der Waals surface area contributed by atoms with Crippen molar-refractivity contribution in [2.45, 2.75) is 207 Å². The topological polar surface area (TPSA) is 0 Å². The van der Waals surface area contributed by atoms with Crippen molar-refractivity contribution < 1.29 is 0 Å². The summed E-state index contributed by atoms with van der Waals surface area (Å²) in [5.41, 5.74) is 26.0. The molecule has 8 aromatic rings. The molecular weight excluding hydrogens is 1260 g/mol. The van der Waals surface area contributed by atoms with Gasteiger partial charge in [0.25, 0.3) is 0 Å². The van der Waals surface area contributed by atoms with Crippen LogP contribution in [0, 0.1) is 41.5 Å². The van der Waals surface area contributed by atoms with Gasteiger partial charge in [-0.15, -0.1) is 0 Å². The molecule has 0 heterocycles. The van der Waals surface area contributed by atoms with Gasteiger partial charge >= 0.3 is 559 Å². The van der Waals surface area contributed by atoms with Crippen LogP contribution in [0.25, 0.3) is 22.3 Å². The summed E-state index contributed by atoms with van der Waals surface area (Å²) in [4.78, 5) is 0. The van der Waals surface area contributed by atoms with E-state index in [2.05, 4.69) is 312 Å². The average molecular weight is 1360 g/mol. The first kappa shape index (κ1) is 66.7. The second kappa shape index (κ2) is 23.4. The molecule has 10 rings (SSSR count). The number of fused-ring (bicyclic) bond motifs is 6. The molecule has 0 unspecified atom stereocenters. The zero-order valence-electron chi connectivity index (χ0n) is 57.5. The zero-order chi connectivity index (χ0) is 64.6. The Morgan fingerprint density at radius 1 is 0.318 bits per heavy atom. The van der Waals surface area contributed by atoms with E-state index in [1.165, 1.54) is 131 Å². The van der Waals surface area contributed by atoms with Crippen molar-refractivity contribution in [3.05, 3.63) is 235 Å². The maximum absolute atomic E-state index is 9.36. The monoisotopic (exact) mass is 1360 g/mol.